The van der Waals surface area contributed by atoms with E-state index in [1.54, 1.807) is 21.3 Å². The molecule has 0 amide bonds. The third kappa shape index (κ3) is 3.81. The molecule has 0 unspecified atom stereocenters. The molecule has 3 rings (SSSR count). The molecule has 0 atom stereocenters. The van der Waals surface area contributed by atoms with E-state index in [-0.39, 0.29) is 6.79 Å². The van der Waals surface area contributed by atoms with Crippen molar-refractivity contribution >= 4 is 0 Å². The first-order valence-electron chi connectivity index (χ1n) is 8.86. The second kappa shape index (κ2) is 8.78. The van der Waals surface area contributed by atoms with Gasteiger partial charge in [0.05, 0.1) is 14.2 Å². The molecule has 3 aromatic carbocycles. The molecule has 1 N–H and O–H groups in total. The topological polar surface area (TPSA) is 57.2 Å². The van der Waals surface area contributed by atoms with Crippen LogP contribution in [0.1, 0.15) is 16.7 Å². The summed E-state index contributed by atoms with van der Waals surface area (Å²) in [7, 11) is 4.78. The average molecular weight is 380 g/mol. The summed E-state index contributed by atoms with van der Waals surface area (Å²) in [5, 5.41) is 12.0. The second-order valence-electron chi connectivity index (χ2n) is 6.21. The Morgan fingerprint density at radius 3 is 1.68 bits per heavy atom. The summed E-state index contributed by atoms with van der Waals surface area (Å²) in [6.45, 7) is 0.0817. The van der Waals surface area contributed by atoms with Gasteiger partial charge in [-0.3, -0.25) is 0 Å². The van der Waals surface area contributed by atoms with Crippen LogP contribution in [-0.2, 0) is 10.3 Å². The van der Waals surface area contributed by atoms with Crippen molar-refractivity contribution in [2.45, 2.75) is 5.60 Å². The Balaban J connectivity index is 2.19. The zero-order chi connectivity index (χ0) is 20.0. The summed E-state index contributed by atoms with van der Waals surface area (Å²) in [5.41, 5.74) is 0.546. The van der Waals surface area contributed by atoms with E-state index in [4.69, 9.17) is 18.9 Å². The number of hydrogen-bond acceptors (Lipinski definition) is 5. The molecule has 0 radical (unpaired) electrons. The minimum Gasteiger partial charge on any atom is -0.497 e. The molecule has 0 heterocycles. The van der Waals surface area contributed by atoms with Gasteiger partial charge >= 0.3 is 0 Å². The molecular weight excluding hydrogens is 356 g/mol. The fraction of sp³-hybridized carbons (Fsp3) is 0.217. The molecule has 146 valence electrons. The summed E-state index contributed by atoms with van der Waals surface area (Å²) in [4.78, 5) is 0. The largest absolute Gasteiger partial charge is 0.497 e. The molecule has 0 saturated heterocycles. The van der Waals surface area contributed by atoms with Crippen molar-refractivity contribution in [3.63, 3.8) is 0 Å². The maximum absolute atomic E-state index is 12.0. The zero-order valence-electron chi connectivity index (χ0n) is 16.2. The molecule has 3 aromatic rings. The van der Waals surface area contributed by atoms with Crippen molar-refractivity contribution in [2.24, 2.45) is 0 Å². The second-order valence-corrected chi connectivity index (χ2v) is 6.21. The first-order valence-corrected chi connectivity index (χ1v) is 8.86. The monoisotopic (exact) mass is 380 g/mol. The molecule has 0 bridgehead atoms. The van der Waals surface area contributed by atoms with Crippen LogP contribution in [0.5, 0.6) is 17.2 Å². The minimum atomic E-state index is -1.44. The van der Waals surface area contributed by atoms with Crippen LogP contribution >= 0.6 is 0 Å². The lowest BCUT2D eigenvalue weighted by Crippen LogP contribution is -2.29. The van der Waals surface area contributed by atoms with Crippen molar-refractivity contribution in [1.29, 1.82) is 0 Å². The van der Waals surface area contributed by atoms with Gasteiger partial charge in [-0.15, -0.1) is 0 Å². The van der Waals surface area contributed by atoms with Gasteiger partial charge in [0.25, 0.3) is 0 Å². The molecule has 0 aromatic heterocycles. The summed E-state index contributed by atoms with van der Waals surface area (Å²) in [5.74, 6) is 1.97. The van der Waals surface area contributed by atoms with E-state index in [1.165, 1.54) is 0 Å². The smallest absolute Gasteiger partial charge is 0.188 e. The van der Waals surface area contributed by atoms with Gasteiger partial charge in [0.15, 0.2) is 6.79 Å². The normalized spacial score (nSPS) is 11.1. The average Bonchev–Trinajstić information content (AvgIpc) is 2.77. The Morgan fingerprint density at radius 1 is 0.714 bits per heavy atom. The van der Waals surface area contributed by atoms with Gasteiger partial charge in [-0.1, -0.05) is 42.5 Å². The lowest BCUT2D eigenvalue weighted by molar-refractivity contribution is 0.0455. The summed E-state index contributed by atoms with van der Waals surface area (Å²) in [6.07, 6.45) is 0. The van der Waals surface area contributed by atoms with E-state index in [0.717, 1.165) is 0 Å². The number of rotatable bonds is 8. The molecule has 28 heavy (non-hydrogen) atoms. The third-order valence-electron chi connectivity index (χ3n) is 4.62. The van der Waals surface area contributed by atoms with Crippen LogP contribution in [0.4, 0.5) is 0 Å². The van der Waals surface area contributed by atoms with E-state index < -0.39 is 5.60 Å². The maximum atomic E-state index is 12.0. The molecule has 0 aliphatic carbocycles. The van der Waals surface area contributed by atoms with E-state index >= 15 is 0 Å². The van der Waals surface area contributed by atoms with Gasteiger partial charge in [-0.25, -0.2) is 0 Å². The number of methoxy groups -OCH3 is 3. The van der Waals surface area contributed by atoms with Gasteiger partial charge in [0.1, 0.15) is 22.8 Å². The molecule has 0 aliphatic heterocycles. The van der Waals surface area contributed by atoms with Crippen LogP contribution in [0.25, 0.3) is 0 Å². The van der Waals surface area contributed by atoms with Crippen LogP contribution in [0.2, 0.25) is 0 Å². The highest BCUT2D eigenvalue weighted by Gasteiger charge is 2.36. The molecule has 0 fully saturated rings. The predicted octanol–water partition coefficient (Wildman–Crippen LogP) is 3.97. The molecule has 5 heteroatoms. The van der Waals surface area contributed by atoms with Crippen molar-refractivity contribution in [2.75, 3.05) is 28.1 Å². The van der Waals surface area contributed by atoms with Crippen molar-refractivity contribution < 1.29 is 24.1 Å². The van der Waals surface area contributed by atoms with E-state index in [1.807, 2.05) is 72.8 Å². The van der Waals surface area contributed by atoms with Crippen molar-refractivity contribution in [1.82, 2.24) is 0 Å². The van der Waals surface area contributed by atoms with Gasteiger partial charge in [0, 0.05) is 12.7 Å². The minimum absolute atomic E-state index is 0.0817. The quantitative estimate of drug-likeness (QED) is 0.473. The Morgan fingerprint density at radius 2 is 1.21 bits per heavy atom. The van der Waals surface area contributed by atoms with Crippen LogP contribution < -0.4 is 14.2 Å². The van der Waals surface area contributed by atoms with Gasteiger partial charge in [0.2, 0.25) is 0 Å². The fourth-order valence-corrected chi connectivity index (χ4v) is 3.16. The lowest BCUT2D eigenvalue weighted by atomic mass is 9.80. The summed E-state index contributed by atoms with van der Waals surface area (Å²) < 4.78 is 21.3. The lowest BCUT2D eigenvalue weighted by Gasteiger charge is -2.31. The Kier molecular flexibility index (Phi) is 6.19. The number of aliphatic hydroxyl groups is 1. The number of benzene rings is 3. The van der Waals surface area contributed by atoms with Crippen molar-refractivity contribution in [3.8, 4) is 17.2 Å². The summed E-state index contributed by atoms with van der Waals surface area (Å²) >= 11 is 0. The third-order valence-corrected chi connectivity index (χ3v) is 4.62. The highest BCUT2D eigenvalue weighted by atomic mass is 16.7. The number of ether oxygens (including phenoxy) is 4. The molecule has 5 nitrogen and oxygen atoms in total. The van der Waals surface area contributed by atoms with Gasteiger partial charge in [-0.2, -0.15) is 0 Å². The van der Waals surface area contributed by atoms with Gasteiger partial charge < -0.3 is 24.1 Å². The first kappa shape index (κ1) is 19.7. The van der Waals surface area contributed by atoms with Crippen molar-refractivity contribution in [3.05, 3.63) is 89.5 Å². The zero-order valence-corrected chi connectivity index (χ0v) is 16.2. The van der Waals surface area contributed by atoms with Crippen LogP contribution in [0.3, 0.4) is 0 Å². The van der Waals surface area contributed by atoms with E-state index in [9.17, 15) is 5.11 Å². The number of para-hydroxylation sites is 1. The fourth-order valence-electron chi connectivity index (χ4n) is 3.16. The SMILES string of the molecule is COCOc1ccccc1C(O)(c1ccc(OC)cc1)c1ccc(OC)cc1. The summed E-state index contributed by atoms with van der Waals surface area (Å²) in [6, 6.07) is 22.0. The number of hydrogen-bond donors (Lipinski definition) is 1. The molecular formula is C23H24O5. The first-order chi connectivity index (χ1) is 13.6. The Bertz CT molecular complexity index is 840. The molecule has 0 saturated carbocycles. The highest BCUT2D eigenvalue weighted by Crippen LogP contribution is 2.42. The maximum Gasteiger partial charge on any atom is 0.188 e. The predicted molar refractivity (Wildman–Crippen MR) is 107 cm³/mol. The highest BCUT2D eigenvalue weighted by molar-refractivity contribution is 5.53. The Labute approximate surface area is 165 Å². The van der Waals surface area contributed by atoms with Crippen LogP contribution in [0.15, 0.2) is 72.8 Å². The van der Waals surface area contributed by atoms with E-state index in [0.29, 0.717) is 33.9 Å². The van der Waals surface area contributed by atoms with E-state index in [2.05, 4.69) is 0 Å². The standard InChI is InChI=1S/C23H24O5/c1-25-16-28-22-7-5-4-6-21(22)23(24,17-8-12-19(26-2)13-9-17)18-10-14-20(27-3)15-11-18/h4-15,24H,16H2,1-3H3. The van der Waals surface area contributed by atoms with Gasteiger partial charge in [-0.05, 0) is 41.5 Å². The molecule has 0 spiro atoms. The Hall–Kier alpha value is -3.02. The van der Waals surface area contributed by atoms with Crippen LogP contribution in [0, 0.1) is 0 Å². The molecule has 0 aliphatic rings. The van der Waals surface area contributed by atoms with Crippen LogP contribution in [-0.4, -0.2) is 33.2 Å².